The number of rotatable bonds is 2. The Kier molecular flexibility index (Phi) is 3.54. The second-order valence-corrected chi connectivity index (χ2v) is 4.57. The van der Waals surface area contributed by atoms with E-state index in [1.165, 1.54) is 11.3 Å². The highest BCUT2D eigenvalue weighted by molar-refractivity contribution is 7.10. The molecule has 1 rings (SSSR count). The van der Waals surface area contributed by atoms with Crippen molar-refractivity contribution < 1.29 is 5.11 Å². The maximum Gasteiger partial charge on any atom is 0.108 e. The molecular weight excluding hydrogens is 204 g/mol. The van der Waals surface area contributed by atoms with Crippen LogP contribution in [0.3, 0.4) is 0 Å². The maximum atomic E-state index is 9.73. The number of hydrogen-bond acceptors (Lipinski definition) is 2. The summed E-state index contributed by atoms with van der Waals surface area (Å²) in [5.41, 5.74) is 2.12. The standard InChI is InChI=1S/C10H13ClOS/c1-6(2)4-8(12)10-9(11)7(3)5-13-10/h4-5,8,12H,1-3H3. The Morgan fingerprint density at radius 3 is 2.62 bits per heavy atom. The Hall–Kier alpha value is -0.310. The van der Waals surface area contributed by atoms with Gasteiger partial charge in [0, 0.05) is 0 Å². The van der Waals surface area contributed by atoms with Gasteiger partial charge in [0.05, 0.1) is 9.90 Å². The number of aliphatic hydroxyl groups is 1. The van der Waals surface area contributed by atoms with Crippen LogP contribution in [0.4, 0.5) is 0 Å². The van der Waals surface area contributed by atoms with Gasteiger partial charge in [-0.05, 0) is 31.7 Å². The van der Waals surface area contributed by atoms with Gasteiger partial charge in [-0.3, -0.25) is 0 Å². The molecule has 1 aromatic heterocycles. The molecule has 13 heavy (non-hydrogen) atoms. The third-order valence-corrected chi connectivity index (χ3v) is 3.47. The van der Waals surface area contributed by atoms with Crippen molar-refractivity contribution in [3.05, 3.63) is 32.5 Å². The van der Waals surface area contributed by atoms with Crippen LogP contribution < -0.4 is 0 Å². The van der Waals surface area contributed by atoms with Crippen molar-refractivity contribution in [1.29, 1.82) is 0 Å². The van der Waals surface area contributed by atoms with E-state index in [1.807, 2.05) is 26.2 Å². The summed E-state index contributed by atoms with van der Waals surface area (Å²) < 4.78 is 0. The monoisotopic (exact) mass is 216 g/mol. The minimum Gasteiger partial charge on any atom is -0.383 e. The third kappa shape index (κ3) is 2.56. The first-order valence-corrected chi connectivity index (χ1v) is 5.34. The van der Waals surface area contributed by atoms with Crippen molar-refractivity contribution in [2.75, 3.05) is 0 Å². The molecule has 0 saturated heterocycles. The topological polar surface area (TPSA) is 20.2 Å². The molecule has 72 valence electrons. The van der Waals surface area contributed by atoms with Crippen molar-refractivity contribution in [1.82, 2.24) is 0 Å². The van der Waals surface area contributed by atoms with E-state index < -0.39 is 6.10 Å². The highest BCUT2D eigenvalue weighted by Gasteiger charge is 2.12. The maximum absolute atomic E-state index is 9.73. The molecule has 1 nitrogen and oxygen atoms in total. The normalized spacial score (nSPS) is 12.7. The summed E-state index contributed by atoms with van der Waals surface area (Å²) in [6.45, 7) is 5.85. The zero-order valence-electron chi connectivity index (χ0n) is 7.97. The number of aliphatic hydroxyl groups excluding tert-OH is 1. The van der Waals surface area contributed by atoms with Gasteiger partial charge in [0.25, 0.3) is 0 Å². The fourth-order valence-corrected chi connectivity index (χ4v) is 2.30. The molecule has 0 aromatic carbocycles. The predicted octanol–water partition coefficient (Wildman–Crippen LogP) is 3.71. The van der Waals surface area contributed by atoms with E-state index in [9.17, 15) is 5.11 Å². The average Bonchev–Trinajstić information content (AvgIpc) is 2.31. The molecule has 0 aliphatic heterocycles. The van der Waals surface area contributed by atoms with Crippen LogP contribution in [0.5, 0.6) is 0 Å². The summed E-state index contributed by atoms with van der Waals surface area (Å²) in [5.74, 6) is 0. The fraction of sp³-hybridized carbons (Fsp3) is 0.400. The molecule has 0 aliphatic rings. The molecule has 1 unspecified atom stereocenters. The number of aryl methyl sites for hydroxylation is 1. The molecule has 0 amide bonds. The molecule has 1 atom stereocenters. The van der Waals surface area contributed by atoms with Gasteiger partial charge in [-0.1, -0.05) is 23.3 Å². The number of allylic oxidation sites excluding steroid dienone is 1. The first kappa shape index (κ1) is 10.8. The Morgan fingerprint density at radius 1 is 1.62 bits per heavy atom. The van der Waals surface area contributed by atoms with E-state index >= 15 is 0 Å². The first-order chi connectivity index (χ1) is 6.02. The van der Waals surface area contributed by atoms with E-state index in [1.54, 1.807) is 6.08 Å². The van der Waals surface area contributed by atoms with E-state index in [0.717, 1.165) is 16.0 Å². The van der Waals surface area contributed by atoms with Gasteiger partial charge in [-0.2, -0.15) is 0 Å². The van der Waals surface area contributed by atoms with Crippen LogP contribution in [0.1, 0.15) is 30.4 Å². The van der Waals surface area contributed by atoms with Crippen LogP contribution in [0, 0.1) is 6.92 Å². The molecule has 3 heteroatoms. The van der Waals surface area contributed by atoms with Gasteiger partial charge >= 0.3 is 0 Å². The van der Waals surface area contributed by atoms with Crippen LogP contribution in [-0.2, 0) is 0 Å². The molecule has 0 saturated carbocycles. The number of halogens is 1. The summed E-state index contributed by atoms with van der Waals surface area (Å²) in [5, 5.41) is 12.4. The Balaban J connectivity index is 2.95. The minimum atomic E-state index is -0.559. The smallest absolute Gasteiger partial charge is 0.108 e. The second-order valence-electron chi connectivity index (χ2n) is 3.29. The molecule has 0 fully saturated rings. The second kappa shape index (κ2) is 4.27. The van der Waals surface area contributed by atoms with Crippen LogP contribution >= 0.6 is 22.9 Å². The van der Waals surface area contributed by atoms with Crippen LogP contribution in [0.15, 0.2) is 17.0 Å². The Labute approximate surface area is 87.7 Å². The zero-order valence-corrected chi connectivity index (χ0v) is 9.54. The first-order valence-electron chi connectivity index (χ1n) is 4.09. The van der Waals surface area contributed by atoms with Gasteiger partial charge in [0.15, 0.2) is 0 Å². The van der Waals surface area contributed by atoms with Crippen molar-refractivity contribution >= 4 is 22.9 Å². The lowest BCUT2D eigenvalue weighted by molar-refractivity contribution is 0.231. The SMILES string of the molecule is CC(C)=CC(O)c1scc(C)c1Cl. The predicted molar refractivity (Wildman–Crippen MR) is 58.5 cm³/mol. The van der Waals surface area contributed by atoms with Crippen molar-refractivity contribution in [2.24, 2.45) is 0 Å². The van der Waals surface area contributed by atoms with Gasteiger partial charge in [-0.25, -0.2) is 0 Å². The van der Waals surface area contributed by atoms with Gasteiger partial charge < -0.3 is 5.11 Å². The Bertz CT molecular complexity index is 324. The molecule has 0 radical (unpaired) electrons. The highest BCUT2D eigenvalue weighted by Crippen LogP contribution is 2.33. The summed E-state index contributed by atoms with van der Waals surface area (Å²) in [4.78, 5) is 0.834. The van der Waals surface area contributed by atoms with E-state index in [2.05, 4.69) is 0 Å². The Morgan fingerprint density at radius 2 is 2.23 bits per heavy atom. The zero-order chi connectivity index (χ0) is 10.0. The number of hydrogen-bond donors (Lipinski definition) is 1. The van der Waals surface area contributed by atoms with E-state index in [4.69, 9.17) is 11.6 Å². The highest BCUT2D eigenvalue weighted by atomic mass is 35.5. The molecular formula is C10H13ClOS. The van der Waals surface area contributed by atoms with Gasteiger partial charge in [0.1, 0.15) is 6.10 Å². The van der Waals surface area contributed by atoms with Crippen LogP contribution in [0.2, 0.25) is 5.02 Å². The van der Waals surface area contributed by atoms with E-state index in [-0.39, 0.29) is 0 Å². The van der Waals surface area contributed by atoms with Crippen LogP contribution in [-0.4, -0.2) is 5.11 Å². The molecule has 0 spiro atoms. The quantitative estimate of drug-likeness (QED) is 0.748. The van der Waals surface area contributed by atoms with Crippen LogP contribution in [0.25, 0.3) is 0 Å². The van der Waals surface area contributed by atoms with Crippen molar-refractivity contribution in [3.63, 3.8) is 0 Å². The minimum absolute atomic E-state index is 0.559. The van der Waals surface area contributed by atoms with Gasteiger partial charge in [-0.15, -0.1) is 11.3 Å². The van der Waals surface area contributed by atoms with Gasteiger partial charge in [0.2, 0.25) is 0 Å². The molecule has 1 N–H and O–H groups in total. The van der Waals surface area contributed by atoms with Crippen molar-refractivity contribution in [3.8, 4) is 0 Å². The van der Waals surface area contributed by atoms with Crippen molar-refractivity contribution in [2.45, 2.75) is 26.9 Å². The summed E-state index contributed by atoms with van der Waals surface area (Å²) in [6, 6.07) is 0. The summed E-state index contributed by atoms with van der Waals surface area (Å²) >= 11 is 7.51. The molecule has 1 aromatic rings. The lowest BCUT2D eigenvalue weighted by atomic mass is 10.2. The molecule has 0 bridgehead atoms. The largest absolute Gasteiger partial charge is 0.383 e. The average molecular weight is 217 g/mol. The lowest BCUT2D eigenvalue weighted by Gasteiger charge is -2.04. The number of thiophene rings is 1. The third-order valence-electron chi connectivity index (χ3n) is 1.69. The summed E-state index contributed by atoms with van der Waals surface area (Å²) in [7, 11) is 0. The molecule has 0 aliphatic carbocycles. The molecule has 1 heterocycles. The lowest BCUT2D eigenvalue weighted by Crippen LogP contribution is -1.90. The summed E-state index contributed by atoms with van der Waals surface area (Å²) in [6.07, 6.45) is 1.24. The fourth-order valence-electron chi connectivity index (χ4n) is 1.04. The van der Waals surface area contributed by atoms with E-state index in [0.29, 0.717) is 5.02 Å².